The summed E-state index contributed by atoms with van der Waals surface area (Å²) in [4.78, 5) is 32.1. The number of carbonyl (C=O) groups excluding carboxylic acids is 1. The zero-order chi connectivity index (χ0) is 22.6. The average Bonchev–Trinajstić information content (AvgIpc) is 2.72. The summed E-state index contributed by atoms with van der Waals surface area (Å²) in [6.07, 6.45) is 6.40. The topological polar surface area (TPSA) is 137 Å². The summed E-state index contributed by atoms with van der Waals surface area (Å²) in [7, 11) is -3.67. The van der Waals surface area contributed by atoms with Crippen LogP contribution < -0.4 is 16.0 Å². The fourth-order valence-corrected chi connectivity index (χ4v) is 5.41. The van der Waals surface area contributed by atoms with Crippen LogP contribution in [0.1, 0.15) is 43.4 Å². The van der Waals surface area contributed by atoms with Gasteiger partial charge >= 0.3 is 0 Å². The maximum atomic E-state index is 13.1. The maximum absolute atomic E-state index is 13.1. The first-order valence-corrected chi connectivity index (χ1v) is 11.8. The van der Waals surface area contributed by atoms with Crippen LogP contribution in [0.4, 0.5) is 11.4 Å². The highest BCUT2D eigenvalue weighted by Gasteiger charge is 2.23. The maximum Gasteiger partial charge on any atom is 0.280 e. The number of nitrogen functional groups attached to an aromatic ring is 1. The molecule has 2 aromatic heterocycles. The molecule has 0 saturated heterocycles. The van der Waals surface area contributed by atoms with Crippen molar-refractivity contribution in [2.24, 2.45) is 10.9 Å². The molecule has 2 heterocycles. The number of aromatic nitrogens is 2. The molecular weight excluding hydrogens is 418 g/mol. The number of carbonyl (C=O) groups is 1. The Morgan fingerprint density at radius 3 is 2.68 bits per heavy atom. The third-order valence-electron chi connectivity index (χ3n) is 5.42. The van der Waals surface area contributed by atoms with Crippen LogP contribution in [0.25, 0.3) is 5.82 Å². The van der Waals surface area contributed by atoms with Crippen molar-refractivity contribution in [2.45, 2.75) is 45.4 Å². The molecule has 0 bridgehead atoms. The lowest BCUT2D eigenvalue weighted by molar-refractivity contribution is -0.117. The van der Waals surface area contributed by atoms with Gasteiger partial charge in [0.15, 0.2) is 5.82 Å². The van der Waals surface area contributed by atoms with Crippen molar-refractivity contribution in [3.8, 4) is 5.82 Å². The molecule has 31 heavy (non-hydrogen) atoms. The summed E-state index contributed by atoms with van der Waals surface area (Å²) in [6.45, 7) is 4.89. The Bertz CT molecular complexity index is 1150. The van der Waals surface area contributed by atoms with Gasteiger partial charge in [0.1, 0.15) is 5.69 Å². The van der Waals surface area contributed by atoms with Crippen LogP contribution in [0.2, 0.25) is 0 Å². The van der Waals surface area contributed by atoms with Gasteiger partial charge in [-0.2, -0.15) is 0 Å². The van der Waals surface area contributed by atoms with Gasteiger partial charge in [0.05, 0.1) is 17.9 Å². The number of amides is 1. The van der Waals surface area contributed by atoms with Crippen molar-refractivity contribution in [1.29, 1.82) is 0 Å². The van der Waals surface area contributed by atoms with Crippen molar-refractivity contribution in [2.75, 3.05) is 16.2 Å². The van der Waals surface area contributed by atoms with E-state index in [4.69, 9.17) is 5.73 Å². The lowest BCUT2D eigenvalue weighted by atomic mass is 9.91. The Balaban J connectivity index is 1.89. The number of anilines is 2. The molecule has 0 unspecified atom stereocenters. The number of nitrogens with zero attached hydrogens (tertiary/aromatic N) is 3. The minimum absolute atomic E-state index is 0.000764. The summed E-state index contributed by atoms with van der Waals surface area (Å²) in [5, 5.41) is 0. The second kappa shape index (κ2) is 9.42. The quantitative estimate of drug-likeness (QED) is 0.627. The standard InChI is InChI=1S/C21H27N5O4S/c1-14-8-9-18(25-31(29,30)13-15-6-4-3-5-7-15)21(28)26(14)20-17(22)10-16(12-24-20)11-19(27)23-2/h8-10,12,15,25H,2-7,11,13,22H2,1H3. The van der Waals surface area contributed by atoms with Gasteiger partial charge in [0.2, 0.25) is 15.9 Å². The fourth-order valence-electron chi connectivity index (χ4n) is 3.88. The van der Waals surface area contributed by atoms with E-state index in [1.54, 1.807) is 13.0 Å². The van der Waals surface area contributed by atoms with Crippen LogP contribution in [-0.2, 0) is 21.2 Å². The Kier molecular flexibility index (Phi) is 6.89. The number of sulfonamides is 1. The minimum Gasteiger partial charge on any atom is -0.396 e. The van der Waals surface area contributed by atoms with Crippen LogP contribution in [0, 0.1) is 12.8 Å². The molecule has 3 N–H and O–H groups in total. The molecule has 0 aromatic carbocycles. The molecule has 0 atom stereocenters. The highest BCUT2D eigenvalue weighted by Crippen LogP contribution is 2.25. The number of hydrogen-bond donors (Lipinski definition) is 2. The summed E-state index contributed by atoms with van der Waals surface area (Å²) in [6, 6.07) is 4.61. The van der Waals surface area contributed by atoms with Crippen molar-refractivity contribution < 1.29 is 13.2 Å². The minimum atomic E-state index is -3.67. The molecule has 0 radical (unpaired) electrons. The average molecular weight is 446 g/mol. The lowest BCUT2D eigenvalue weighted by Crippen LogP contribution is -2.30. The zero-order valence-electron chi connectivity index (χ0n) is 17.5. The predicted molar refractivity (Wildman–Crippen MR) is 121 cm³/mol. The summed E-state index contributed by atoms with van der Waals surface area (Å²) < 4.78 is 29.0. The summed E-state index contributed by atoms with van der Waals surface area (Å²) in [5.41, 5.74) is 6.72. The number of hydrogen-bond acceptors (Lipinski definition) is 6. The Labute approximate surface area is 181 Å². The first-order chi connectivity index (χ1) is 14.7. The van der Waals surface area contributed by atoms with Gasteiger partial charge in [-0.1, -0.05) is 19.3 Å². The molecule has 10 heteroatoms. The number of rotatable bonds is 7. The Morgan fingerprint density at radius 2 is 2.03 bits per heavy atom. The Morgan fingerprint density at radius 1 is 1.32 bits per heavy atom. The van der Waals surface area contributed by atoms with E-state index in [1.165, 1.54) is 22.9 Å². The molecule has 166 valence electrons. The van der Waals surface area contributed by atoms with Crippen LogP contribution >= 0.6 is 0 Å². The van der Waals surface area contributed by atoms with Gasteiger partial charge in [0.25, 0.3) is 5.56 Å². The second-order valence-electron chi connectivity index (χ2n) is 7.90. The van der Waals surface area contributed by atoms with Gasteiger partial charge in [-0.25, -0.2) is 18.4 Å². The molecule has 0 spiro atoms. The first kappa shape index (κ1) is 22.7. The van der Waals surface area contributed by atoms with E-state index in [0.29, 0.717) is 11.3 Å². The van der Waals surface area contributed by atoms with E-state index >= 15 is 0 Å². The predicted octanol–water partition coefficient (Wildman–Crippen LogP) is 2.21. The van der Waals surface area contributed by atoms with E-state index in [1.807, 2.05) is 0 Å². The lowest BCUT2D eigenvalue weighted by Gasteiger charge is -2.21. The van der Waals surface area contributed by atoms with Gasteiger partial charge in [-0.15, -0.1) is 0 Å². The summed E-state index contributed by atoms with van der Waals surface area (Å²) in [5.74, 6) is -0.146. The number of nitrogens with one attached hydrogen (secondary N) is 1. The molecule has 1 aliphatic rings. The molecule has 0 aliphatic heterocycles. The zero-order valence-corrected chi connectivity index (χ0v) is 18.3. The summed E-state index contributed by atoms with van der Waals surface area (Å²) >= 11 is 0. The number of nitrogens with two attached hydrogens (primary N) is 1. The van der Waals surface area contributed by atoms with E-state index in [0.717, 1.165) is 32.1 Å². The third-order valence-corrected chi connectivity index (χ3v) is 6.86. The van der Waals surface area contributed by atoms with Gasteiger partial charge in [-0.3, -0.25) is 18.9 Å². The van der Waals surface area contributed by atoms with Crippen molar-refractivity contribution in [3.63, 3.8) is 0 Å². The third kappa shape index (κ3) is 5.57. The number of aryl methyl sites for hydroxylation is 1. The molecule has 2 aromatic rings. The van der Waals surface area contributed by atoms with Crippen molar-refractivity contribution >= 4 is 34.0 Å². The van der Waals surface area contributed by atoms with E-state index in [2.05, 4.69) is 21.4 Å². The number of aliphatic imine (C=N–C) groups is 1. The first-order valence-electron chi connectivity index (χ1n) is 10.2. The van der Waals surface area contributed by atoms with Crippen LogP contribution in [-0.4, -0.2) is 36.3 Å². The molecular formula is C21H27N5O4S. The fraction of sp³-hybridized carbons (Fsp3) is 0.429. The SMILES string of the molecule is C=NC(=O)Cc1cnc(-n2c(C)ccc(NS(=O)(=O)CC3CCCCC3)c2=O)c(N)c1. The van der Waals surface area contributed by atoms with Gasteiger partial charge in [-0.05, 0) is 56.2 Å². The molecule has 1 fully saturated rings. The largest absolute Gasteiger partial charge is 0.396 e. The van der Waals surface area contributed by atoms with Crippen LogP contribution in [0.3, 0.4) is 0 Å². The number of pyridine rings is 2. The van der Waals surface area contributed by atoms with E-state index in [-0.39, 0.29) is 35.3 Å². The molecule has 1 saturated carbocycles. The van der Waals surface area contributed by atoms with E-state index < -0.39 is 21.5 Å². The highest BCUT2D eigenvalue weighted by atomic mass is 32.2. The second-order valence-corrected chi connectivity index (χ2v) is 9.67. The van der Waals surface area contributed by atoms with E-state index in [9.17, 15) is 18.0 Å². The van der Waals surface area contributed by atoms with Crippen molar-refractivity contribution in [1.82, 2.24) is 9.55 Å². The van der Waals surface area contributed by atoms with Crippen LogP contribution in [0.5, 0.6) is 0 Å². The normalized spacial score (nSPS) is 14.9. The van der Waals surface area contributed by atoms with Crippen molar-refractivity contribution in [3.05, 3.63) is 46.0 Å². The molecule has 3 rings (SSSR count). The molecule has 9 nitrogen and oxygen atoms in total. The van der Waals surface area contributed by atoms with Gasteiger partial charge in [0, 0.05) is 11.9 Å². The van der Waals surface area contributed by atoms with Gasteiger partial charge < -0.3 is 5.73 Å². The Hall–Kier alpha value is -3.01. The monoisotopic (exact) mass is 445 g/mol. The molecule has 1 amide bonds. The molecule has 1 aliphatic carbocycles. The highest BCUT2D eigenvalue weighted by molar-refractivity contribution is 7.92. The van der Waals surface area contributed by atoms with Crippen LogP contribution in [0.15, 0.2) is 34.2 Å². The smallest absolute Gasteiger partial charge is 0.280 e.